The van der Waals surface area contributed by atoms with Crippen molar-refractivity contribution in [1.29, 1.82) is 0 Å². The van der Waals surface area contributed by atoms with Gasteiger partial charge in [-0.2, -0.15) is 0 Å². The fourth-order valence-corrected chi connectivity index (χ4v) is 5.99. The highest BCUT2D eigenvalue weighted by Gasteiger charge is 2.28. The van der Waals surface area contributed by atoms with Crippen molar-refractivity contribution in [1.82, 2.24) is 5.32 Å². The predicted molar refractivity (Wildman–Crippen MR) is 95.8 cm³/mol. The lowest BCUT2D eigenvalue weighted by molar-refractivity contribution is -0.118. The summed E-state index contributed by atoms with van der Waals surface area (Å²) in [6, 6.07) is 5.67. The highest BCUT2D eigenvalue weighted by molar-refractivity contribution is 8.02. The van der Waals surface area contributed by atoms with Gasteiger partial charge in [0, 0.05) is 11.8 Å². The van der Waals surface area contributed by atoms with Crippen LogP contribution in [-0.4, -0.2) is 57.6 Å². The Morgan fingerprint density at radius 1 is 1.29 bits per heavy atom. The molecule has 0 unspecified atom stereocenters. The zero-order valence-corrected chi connectivity index (χ0v) is 15.5. The van der Waals surface area contributed by atoms with Gasteiger partial charge in [0.2, 0.25) is 5.91 Å². The fraction of sp³-hybridized carbons (Fsp3) is 0.562. The molecule has 2 rings (SSSR count). The zero-order chi connectivity index (χ0) is 17.6. The van der Waals surface area contributed by atoms with E-state index in [1.807, 2.05) is 18.2 Å². The van der Waals surface area contributed by atoms with Crippen molar-refractivity contribution >= 4 is 27.5 Å². The zero-order valence-electron chi connectivity index (χ0n) is 13.9. The van der Waals surface area contributed by atoms with E-state index in [0.717, 1.165) is 5.56 Å². The number of nitrogens with one attached hydrogen (secondary N) is 1. The third-order valence-electron chi connectivity index (χ3n) is 3.82. The van der Waals surface area contributed by atoms with Gasteiger partial charge in [0.05, 0.1) is 31.5 Å². The summed E-state index contributed by atoms with van der Waals surface area (Å²) in [7, 11) is 0.292. The van der Waals surface area contributed by atoms with E-state index in [1.165, 1.54) is 11.8 Å². The Morgan fingerprint density at radius 2 is 2.04 bits per heavy atom. The minimum absolute atomic E-state index is 0.0478. The van der Waals surface area contributed by atoms with Crippen LogP contribution < -0.4 is 14.8 Å². The second kappa shape index (κ2) is 8.62. The van der Waals surface area contributed by atoms with Crippen molar-refractivity contribution in [2.75, 3.05) is 38.0 Å². The number of hydrogen-bond donors (Lipinski definition) is 1. The molecule has 0 bridgehead atoms. The summed E-state index contributed by atoms with van der Waals surface area (Å²) in [5.41, 5.74) is 1.04. The molecule has 1 amide bonds. The van der Waals surface area contributed by atoms with E-state index in [2.05, 4.69) is 5.32 Å². The van der Waals surface area contributed by atoms with Gasteiger partial charge in [-0.1, -0.05) is 6.07 Å². The molecule has 0 aliphatic carbocycles. The van der Waals surface area contributed by atoms with Crippen molar-refractivity contribution in [2.24, 2.45) is 0 Å². The number of sulfone groups is 1. The first-order valence-corrected chi connectivity index (χ1v) is 10.6. The summed E-state index contributed by atoms with van der Waals surface area (Å²) in [4.78, 5) is 11.8. The third kappa shape index (κ3) is 5.59. The predicted octanol–water partition coefficient (Wildman–Crippen LogP) is 1.28. The van der Waals surface area contributed by atoms with Gasteiger partial charge in [-0.3, -0.25) is 4.79 Å². The number of hydrogen-bond acceptors (Lipinski definition) is 6. The first-order valence-electron chi connectivity index (χ1n) is 7.73. The minimum atomic E-state index is -2.88. The molecule has 1 heterocycles. The van der Waals surface area contributed by atoms with Crippen LogP contribution in [0.15, 0.2) is 18.2 Å². The quantitative estimate of drug-likeness (QED) is 0.739. The van der Waals surface area contributed by atoms with Crippen LogP contribution >= 0.6 is 11.8 Å². The van der Waals surface area contributed by atoms with Gasteiger partial charge in [0.1, 0.15) is 0 Å². The van der Waals surface area contributed by atoms with Gasteiger partial charge < -0.3 is 14.8 Å². The van der Waals surface area contributed by atoms with Gasteiger partial charge >= 0.3 is 0 Å². The van der Waals surface area contributed by atoms with E-state index < -0.39 is 9.84 Å². The first-order chi connectivity index (χ1) is 11.4. The van der Waals surface area contributed by atoms with Gasteiger partial charge in [0.25, 0.3) is 0 Å². The van der Waals surface area contributed by atoms with Gasteiger partial charge in [-0.25, -0.2) is 8.42 Å². The van der Waals surface area contributed by atoms with Crippen LogP contribution in [0.3, 0.4) is 0 Å². The van der Waals surface area contributed by atoms with Crippen LogP contribution in [0.1, 0.15) is 12.0 Å². The maximum atomic E-state index is 11.8. The van der Waals surface area contributed by atoms with Crippen LogP contribution in [0.25, 0.3) is 0 Å². The number of carbonyl (C=O) groups is 1. The monoisotopic (exact) mass is 373 g/mol. The Labute approximate surface area is 147 Å². The lowest BCUT2D eigenvalue weighted by Crippen LogP contribution is -2.28. The van der Waals surface area contributed by atoms with Crippen molar-refractivity contribution in [3.63, 3.8) is 0 Å². The normalized spacial score (nSPS) is 19.0. The summed E-state index contributed by atoms with van der Waals surface area (Å²) in [5.74, 6) is 2.01. The molecular formula is C16H23NO5S2. The highest BCUT2D eigenvalue weighted by Crippen LogP contribution is 2.27. The van der Waals surface area contributed by atoms with Crippen LogP contribution in [0.4, 0.5) is 0 Å². The van der Waals surface area contributed by atoms with Crippen LogP contribution in [0.2, 0.25) is 0 Å². The molecule has 0 saturated carbocycles. The minimum Gasteiger partial charge on any atom is -0.493 e. The van der Waals surface area contributed by atoms with E-state index in [0.29, 0.717) is 36.6 Å². The van der Waals surface area contributed by atoms with E-state index in [-0.39, 0.29) is 22.7 Å². The molecule has 134 valence electrons. The van der Waals surface area contributed by atoms with Crippen molar-refractivity contribution in [3.05, 3.63) is 23.8 Å². The number of rotatable bonds is 8. The summed E-state index contributed by atoms with van der Waals surface area (Å²) in [6.07, 6.45) is 1.33. The Hall–Kier alpha value is -1.41. The molecule has 0 aromatic heterocycles. The molecule has 1 N–H and O–H groups in total. The first kappa shape index (κ1) is 18.9. The topological polar surface area (TPSA) is 81.7 Å². The second-order valence-corrected chi connectivity index (χ2v) is 9.14. The fourth-order valence-electron chi connectivity index (χ4n) is 2.52. The molecule has 1 fully saturated rings. The number of carbonyl (C=O) groups excluding carboxylic acids is 1. The van der Waals surface area contributed by atoms with E-state index in [1.54, 1.807) is 14.2 Å². The maximum absolute atomic E-state index is 11.8. The van der Waals surface area contributed by atoms with E-state index in [4.69, 9.17) is 9.47 Å². The standard InChI is InChI=1S/C16H23NO5S2/c1-21-14-4-3-12(9-15(14)22-2)5-7-17-16(18)10-23-13-6-8-24(19,20)11-13/h3-4,9,13H,5-8,10-11H2,1-2H3,(H,17,18)/t13-/m0/s1. The Balaban J connectivity index is 1.71. The number of benzene rings is 1. The van der Waals surface area contributed by atoms with Crippen LogP contribution in [0, 0.1) is 0 Å². The van der Waals surface area contributed by atoms with E-state index >= 15 is 0 Å². The molecule has 0 radical (unpaired) electrons. The molecule has 1 aliphatic rings. The lowest BCUT2D eigenvalue weighted by atomic mass is 10.1. The average molecular weight is 373 g/mol. The SMILES string of the molecule is COc1ccc(CCNC(=O)CS[C@H]2CCS(=O)(=O)C2)cc1OC. The van der Waals surface area contributed by atoms with Crippen molar-refractivity contribution in [2.45, 2.75) is 18.1 Å². The van der Waals surface area contributed by atoms with Gasteiger partial charge in [-0.15, -0.1) is 11.8 Å². The summed E-state index contributed by atoms with van der Waals surface area (Å²) in [6.45, 7) is 0.526. The van der Waals surface area contributed by atoms with Crippen molar-refractivity contribution < 1.29 is 22.7 Å². The summed E-state index contributed by atoms with van der Waals surface area (Å²) < 4.78 is 33.2. The molecule has 1 aliphatic heterocycles. The molecule has 1 aromatic rings. The van der Waals surface area contributed by atoms with Crippen molar-refractivity contribution in [3.8, 4) is 11.5 Å². The Morgan fingerprint density at radius 3 is 2.67 bits per heavy atom. The molecule has 24 heavy (non-hydrogen) atoms. The lowest BCUT2D eigenvalue weighted by Gasteiger charge is -2.11. The van der Waals surface area contributed by atoms with Crippen LogP contribution in [-0.2, 0) is 21.1 Å². The number of ether oxygens (including phenoxy) is 2. The third-order valence-corrected chi connectivity index (χ3v) is 7.11. The molecule has 6 nitrogen and oxygen atoms in total. The highest BCUT2D eigenvalue weighted by atomic mass is 32.2. The Kier molecular flexibility index (Phi) is 6.79. The average Bonchev–Trinajstić information content (AvgIpc) is 2.92. The number of thioether (sulfide) groups is 1. The van der Waals surface area contributed by atoms with Gasteiger partial charge in [0.15, 0.2) is 21.3 Å². The number of methoxy groups -OCH3 is 2. The molecule has 0 spiro atoms. The maximum Gasteiger partial charge on any atom is 0.230 e. The molecule has 1 aromatic carbocycles. The summed E-state index contributed by atoms with van der Waals surface area (Å²) in [5, 5.41) is 2.91. The number of amides is 1. The van der Waals surface area contributed by atoms with Gasteiger partial charge in [-0.05, 0) is 30.5 Å². The smallest absolute Gasteiger partial charge is 0.230 e. The van der Waals surface area contributed by atoms with E-state index in [9.17, 15) is 13.2 Å². The van der Waals surface area contributed by atoms with Crippen LogP contribution in [0.5, 0.6) is 11.5 Å². The summed E-state index contributed by atoms with van der Waals surface area (Å²) >= 11 is 1.42. The largest absolute Gasteiger partial charge is 0.493 e. The molecular weight excluding hydrogens is 350 g/mol. The molecule has 1 saturated heterocycles. The second-order valence-electron chi connectivity index (χ2n) is 5.63. The Bertz CT molecular complexity index is 675. The molecule has 1 atom stereocenters. The molecule has 8 heteroatoms.